The van der Waals surface area contributed by atoms with Gasteiger partial charge in [0.2, 0.25) is 5.91 Å². The van der Waals surface area contributed by atoms with Crippen LogP contribution in [-0.2, 0) is 4.79 Å². The number of hydrogen-bond acceptors (Lipinski definition) is 3. The van der Waals surface area contributed by atoms with Gasteiger partial charge in [-0.15, -0.1) is 0 Å². The molecule has 4 N–H and O–H groups in total. The van der Waals surface area contributed by atoms with E-state index in [9.17, 15) is 9.59 Å². The molecule has 20 heavy (non-hydrogen) atoms. The molecule has 0 aliphatic carbocycles. The van der Waals surface area contributed by atoms with E-state index >= 15 is 0 Å². The van der Waals surface area contributed by atoms with Crippen molar-refractivity contribution in [1.82, 2.24) is 15.6 Å². The Labute approximate surface area is 116 Å². The molecule has 2 aromatic rings. The molecule has 1 unspecified atom stereocenters. The molecule has 1 atom stereocenters. The number of aliphatic hydroxyl groups excluding tert-OH is 1. The van der Waals surface area contributed by atoms with E-state index in [0.29, 0.717) is 5.69 Å². The van der Waals surface area contributed by atoms with Crippen LogP contribution in [0.5, 0.6) is 0 Å². The molecule has 1 heterocycles. The summed E-state index contributed by atoms with van der Waals surface area (Å²) < 4.78 is 0. The van der Waals surface area contributed by atoms with Crippen LogP contribution >= 0.6 is 0 Å². The van der Waals surface area contributed by atoms with Crippen molar-refractivity contribution in [2.75, 3.05) is 13.1 Å². The Balaban J connectivity index is 1.90. The second-order valence-corrected chi connectivity index (χ2v) is 4.61. The fraction of sp³-hybridized carbons (Fsp3) is 0.286. The number of hydrogen-bond donors (Lipinski definition) is 4. The van der Waals surface area contributed by atoms with Gasteiger partial charge in [-0.05, 0) is 19.1 Å². The largest absolute Gasteiger partial charge is 0.392 e. The van der Waals surface area contributed by atoms with Crippen molar-refractivity contribution in [2.45, 2.75) is 13.0 Å². The molecule has 0 aliphatic heterocycles. The smallest absolute Gasteiger partial charge is 0.268 e. The van der Waals surface area contributed by atoms with Gasteiger partial charge in [0.05, 0.1) is 12.6 Å². The van der Waals surface area contributed by atoms with E-state index < -0.39 is 6.10 Å². The monoisotopic (exact) mass is 275 g/mol. The van der Waals surface area contributed by atoms with Crippen molar-refractivity contribution in [3.63, 3.8) is 0 Å². The lowest BCUT2D eigenvalue weighted by Crippen LogP contribution is -2.39. The fourth-order valence-electron chi connectivity index (χ4n) is 1.78. The second kappa shape index (κ2) is 6.21. The summed E-state index contributed by atoms with van der Waals surface area (Å²) in [7, 11) is 0. The third-order valence-electron chi connectivity index (χ3n) is 2.78. The first-order chi connectivity index (χ1) is 9.56. The first-order valence-corrected chi connectivity index (χ1v) is 6.37. The zero-order chi connectivity index (χ0) is 14.5. The van der Waals surface area contributed by atoms with Crippen LogP contribution in [0.3, 0.4) is 0 Å². The number of carbonyl (C=O) groups is 2. The summed E-state index contributed by atoms with van der Waals surface area (Å²) in [5.41, 5.74) is 1.28. The summed E-state index contributed by atoms with van der Waals surface area (Å²) in [6, 6.07) is 9.28. The summed E-state index contributed by atoms with van der Waals surface area (Å²) in [6.07, 6.45) is -0.608. The van der Waals surface area contributed by atoms with E-state index in [1.165, 1.54) is 0 Å². The predicted octanol–water partition coefficient (Wildman–Crippen LogP) is 0.395. The van der Waals surface area contributed by atoms with Crippen LogP contribution in [0.2, 0.25) is 0 Å². The number of fused-ring (bicyclic) bond motifs is 1. The Morgan fingerprint density at radius 2 is 2.05 bits per heavy atom. The zero-order valence-corrected chi connectivity index (χ0v) is 11.1. The minimum Gasteiger partial charge on any atom is -0.392 e. The third-order valence-corrected chi connectivity index (χ3v) is 2.78. The van der Waals surface area contributed by atoms with E-state index in [2.05, 4.69) is 15.6 Å². The number of nitrogens with one attached hydrogen (secondary N) is 3. The molecule has 0 radical (unpaired) electrons. The summed E-state index contributed by atoms with van der Waals surface area (Å²) in [5, 5.41) is 15.0. The normalized spacial score (nSPS) is 12.1. The first-order valence-electron chi connectivity index (χ1n) is 6.37. The minimum atomic E-state index is -0.608. The molecule has 1 aromatic heterocycles. The molecule has 1 aromatic carbocycles. The van der Waals surface area contributed by atoms with Gasteiger partial charge in [0.1, 0.15) is 5.69 Å². The molecule has 0 bridgehead atoms. The highest BCUT2D eigenvalue weighted by molar-refractivity contribution is 5.99. The summed E-state index contributed by atoms with van der Waals surface area (Å²) in [6.45, 7) is 1.62. The fourth-order valence-corrected chi connectivity index (χ4v) is 1.78. The molecular formula is C14H17N3O3. The molecule has 0 spiro atoms. The SMILES string of the molecule is CC(O)CNC(=O)CNC(=O)c1cc2ccccc2[nH]1. The van der Waals surface area contributed by atoms with E-state index in [1.807, 2.05) is 24.3 Å². The van der Waals surface area contributed by atoms with E-state index in [1.54, 1.807) is 13.0 Å². The highest BCUT2D eigenvalue weighted by Gasteiger charge is 2.10. The van der Waals surface area contributed by atoms with Gasteiger partial charge >= 0.3 is 0 Å². The number of aromatic amines is 1. The Kier molecular flexibility index (Phi) is 4.37. The average molecular weight is 275 g/mol. The van der Waals surface area contributed by atoms with Gasteiger partial charge in [0.15, 0.2) is 0 Å². The van der Waals surface area contributed by atoms with Crippen molar-refractivity contribution in [2.24, 2.45) is 0 Å². The topological polar surface area (TPSA) is 94.2 Å². The lowest BCUT2D eigenvalue weighted by Gasteiger charge is -2.07. The average Bonchev–Trinajstić information content (AvgIpc) is 2.86. The summed E-state index contributed by atoms with van der Waals surface area (Å²) >= 11 is 0. The van der Waals surface area contributed by atoms with Crippen molar-refractivity contribution in [1.29, 1.82) is 0 Å². The van der Waals surface area contributed by atoms with Crippen LogP contribution < -0.4 is 10.6 Å². The van der Waals surface area contributed by atoms with E-state index in [-0.39, 0.29) is 24.9 Å². The number of para-hydroxylation sites is 1. The van der Waals surface area contributed by atoms with E-state index in [4.69, 9.17) is 5.11 Å². The minimum absolute atomic E-state index is 0.124. The van der Waals surface area contributed by atoms with E-state index in [0.717, 1.165) is 10.9 Å². The van der Waals surface area contributed by atoms with Crippen LogP contribution in [0.25, 0.3) is 10.9 Å². The number of aromatic nitrogens is 1. The Bertz CT molecular complexity index is 586. The number of carbonyl (C=O) groups excluding carboxylic acids is 2. The van der Waals surface area contributed by atoms with Gasteiger partial charge in [0, 0.05) is 17.4 Å². The highest BCUT2D eigenvalue weighted by atomic mass is 16.3. The molecular weight excluding hydrogens is 258 g/mol. The number of rotatable bonds is 5. The van der Waals surface area contributed by atoms with Crippen molar-refractivity contribution < 1.29 is 14.7 Å². The molecule has 6 nitrogen and oxygen atoms in total. The Morgan fingerprint density at radius 1 is 1.30 bits per heavy atom. The van der Waals surface area contributed by atoms with Gasteiger partial charge in [-0.2, -0.15) is 0 Å². The van der Waals surface area contributed by atoms with Crippen LogP contribution in [0.15, 0.2) is 30.3 Å². The van der Waals surface area contributed by atoms with Gasteiger partial charge in [0.25, 0.3) is 5.91 Å². The quantitative estimate of drug-likeness (QED) is 0.636. The predicted molar refractivity (Wildman–Crippen MR) is 75.3 cm³/mol. The Morgan fingerprint density at radius 3 is 2.75 bits per heavy atom. The van der Waals surface area contributed by atoms with Crippen LogP contribution in [-0.4, -0.2) is 41.1 Å². The number of aliphatic hydroxyl groups is 1. The first kappa shape index (κ1) is 14.1. The number of benzene rings is 1. The van der Waals surface area contributed by atoms with Crippen LogP contribution in [0.4, 0.5) is 0 Å². The third kappa shape index (κ3) is 3.58. The van der Waals surface area contributed by atoms with Crippen molar-refractivity contribution in [3.8, 4) is 0 Å². The number of H-pyrrole nitrogens is 1. The molecule has 106 valence electrons. The molecule has 0 aliphatic rings. The van der Waals surface area contributed by atoms with Gasteiger partial charge in [-0.25, -0.2) is 0 Å². The maximum Gasteiger partial charge on any atom is 0.268 e. The summed E-state index contributed by atoms with van der Waals surface area (Å²) in [4.78, 5) is 26.3. The molecule has 0 fully saturated rings. The van der Waals surface area contributed by atoms with Crippen LogP contribution in [0.1, 0.15) is 17.4 Å². The number of amides is 2. The highest BCUT2D eigenvalue weighted by Crippen LogP contribution is 2.14. The maximum atomic E-state index is 11.9. The molecule has 2 amide bonds. The zero-order valence-electron chi connectivity index (χ0n) is 11.1. The molecule has 0 saturated carbocycles. The lowest BCUT2D eigenvalue weighted by atomic mass is 10.2. The van der Waals surface area contributed by atoms with Gasteiger partial charge in [-0.1, -0.05) is 18.2 Å². The van der Waals surface area contributed by atoms with Gasteiger partial charge in [-0.3, -0.25) is 9.59 Å². The molecule has 6 heteroatoms. The van der Waals surface area contributed by atoms with Gasteiger partial charge < -0.3 is 20.7 Å². The Hall–Kier alpha value is -2.34. The van der Waals surface area contributed by atoms with Crippen molar-refractivity contribution >= 4 is 22.7 Å². The van der Waals surface area contributed by atoms with Crippen molar-refractivity contribution in [3.05, 3.63) is 36.0 Å². The summed E-state index contributed by atoms with van der Waals surface area (Å²) in [5.74, 6) is -0.677. The lowest BCUT2D eigenvalue weighted by molar-refractivity contribution is -0.120. The van der Waals surface area contributed by atoms with Crippen LogP contribution in [0, 0.1) is 0 Å². The maximum absolute atomic E-state index is 11.9. The molecule has 0 saturated heterocycles. The second-order valence-electron chi connectivity index (χ2n) is 4.61. The molecule has 2 rings (SSSR count). The standard InChI is InChI=1S/C14H17N3O3/c1-9(18)7-15-13(19)8-16-14(20)12-6-10-4-2-3-5-11(10)17-12/h2-6,9,17-18H,7-8H2,1H3,(H,15,19)(H,16,20).